The summed E-state index contributed by atoms with van der Waals surface area (Å²) in [5.74, 6) is 0.682. The molecular formula is C16H25Cl2N3O. The molecule has 0 aliphatic carbocycles. The van der Waals surface area contributed by atoms with Gasteiger partial charge in [0.05, 0.1) is 6.54 Å². The highest BCUT2D eigenvalue weighted by atomic mass is 35.5. The van der Waals surface area contributed by atoms with E-state index in [9.17, 15) is 4.79 Å². The zero-order valence-corrected chi connectivity index (χ0v) is 14.7. The first-order valence-corrected chi connectivity index (χ1v) is 7.88. The number of hydrogen-bond donors (Lipinski definition) is 2. The SMILES string of the molecule is Cc1c(Cl)cccc1NC(=O)CN1CCC(C)CC1CN.Cl. The van der Waals surface area contributed by atoms with Gasteiger partial charge in [0.15, 0.2) is 0 Å². The lowest BCUT2D eigenvalue weighted by molar-refractivity contribution is -0.118. The van der Waals surface area contributed by atoms with E-state index in [-0.39, 0.29) is 18.3 Å². The quantitative estimate of drug-likeness (QED) is 0.881. The number of piperidine rings is 1. The molecule has 0 aromatic heterocycles. The van der Waals surface area contributed by atoms with Crippen molar-refractivity contribution in [1.29, 1.82) is 0 Å². The van der Waals surface area contributed by atoms with Gasteiger partial charge in [-0.25, -0.2) is 0 Å². The second-order valence-corrected chi connectivity index (χ2v) is 6.36. The molecule has 2 rings (SSSR count). The van der Waals surface area contributed by atoms with Gasteiger partial charge in [-0.2, -0.15) is 0 Å². The van der Waals surface area contributed by atoms with Gasteiger partial charge in [0.2, 0.25) is 5.91 Å². The van der Waals surface area contributed by atoms with Crippen LogP contribution in [0.15, 0.2) is 18.2 Å². The standard InChI is InChI=1S/C16H24ClN3O.ClH/c1-11-6-7-20(13(8-11)9-18)10-16(21)19-15-5-3-4-14(17)12(15)2;/h3-5,11,13H,6-10,18H2,1-2H3,(H,19,21);1H. The minimum absolute atomic E-state index is 0. The van der Waals surface area contributed by atoms with Gasteiger partial charge in [-0.05, 0) is 49.9 Å². The van der Waals surface area contributed by atoms with Crippen LogP contribution in [0.2, 0.25) is 5.02 Å². The molecule has 1 heterocycles. The van der Waals surface area contributed by atoms with Crippen LogP contribution in [0.3, 0.4) is 0 Å². The van der Waals surface area contributed by atoms with Crippen molar-refractivity contribution in [1.82, 2.24) is 4.90 Å². The molecule has 0 radical (unpaired) electrons. The average Bonchev–Trinajstić information content (AvgIpc) is 2.45. The molecule has 3 N–H and O–H groups in total. The number of amides is 1. The van der Waals surface area contributed by atoms with Crippen molar-refractivity contribution in [2.75, 3.05) is 25.0 Å². The molecule has 1 aromatic rings. The number of carbonyl (C=O) groups is 1. The van der Waals surface area contributed by atoms with Crippen LogP contribution in [0.5, 0.6) is 0 Å². The number of benzene rings is 1. The lowest BCUT2D eigenvalue weighted by Crippen LogP contribution is -2.49. The topological polar surface area (TPSA) is 58.4 Å². The minimum atomic E-state index is -0.00614. The van der Waals surface area contributed by atoms with Crippen molar-refractivity contribution in [3.8, 4) is 0 Å². The number of nitrogens with one attached hydrogen (secondary N) is 1. The molecule has 124 valence electrons. The van der Waals surface area contributed by atoms with Crippen molar-refractivity contribution in [2.24, 2.45) is 11.7 Å². The summed E-state index contributed by atoms with van der Waals surface area (Å²) >= 11 is 6.07. The number of nitrogens with two attached hydrogens (primary N) is 1. The largest absolute Gasteiger partial charge is 0.329 e. The molecule has 1 aromatic carbocycles. The van der Waals surface area contributed by atoms with E-state index >= 15 is 0 Å². The van der Waals surface area contributed by atoms with Gasteiger partial charge in [-0.15, -0.1) is 12.4 Å². The molecule has 2 unspecified atom stereocenters. The fourth-order valence-corrected chi connectivity index (χ4v) is 3.05. The Morgan fingerprint density at radius 2 is 2.23 bits per heavy atom. The summed E-state index contributed by atoms with van der Waals surface area (Å²) < 4.78 is 0. The smallest absolute Gasteiger partial charge is 0.238 e. The van der Waals surface area contributed by atoms with Crippen LogP contribution in [0.4, 0.5) is 5.69 Å². The molecule has 0 bridgehead atoms. The normalized spacial score (nSPS) is 22.0. The van der Waals surface area contributed by atoms with Crippen LogP contribution in [0.1, 0.15) is 25.3 Å². The van der Waals surface area contributed by atoms with Crippen LogP contribution in [-0.4, -0.2) is 36.5 Å². The van der Waals surface area contributed by atoms with Gasteiger partial charge in [0, 0.05) is 23.3 Å². The van der Waals surface area contributed by atoms with Crippen molar-refractivity contribution in [2.45, 2.75) is 32.7 Å². The molecule has 1 amide bonds. The predicted octanol–water partition coefficient (Wildman–Crippen LogP) is 3.07. The van der Waals surface area contributed by atoms with E-state index in [1.54, 1.807) is 0 Å². The lowest BCUT2D eigenvalue weighted by Gasteiger charge is -2.37. The van der Waals surface area contributed by atoms with E-state index in [2.05, 4.69) is 17.1 Å². The fraction of sp³-hybridized carbons (Fsp3) is 0.562. The molecule has 1 aliphatic heterocycles. The molecule has 1 saturated heterocycles. The summed E-state index contributed by atoms with van der Waals surface area (Å²) in [6, 6.07) is 5.84. The van der Waals surface area contributed by atoms with E-state index in [4.69, 9.17) is 17.3 Å². The highest BCUT2D eigenvalue weighted by Gasteiger charge is 2.26. The summed E-state index contributed by atoms with van der Waals surface area (Å²) in [6.07, 6.45) is 2.19. The number of likely N-dealkylation sites (tertiary alicyclic amines) is 1. The molecule has 2 atom stereocenters. The highest BCUT2D eigenvalue weighted by Crippen LogP contribution is 2.24. The Morgan fingerprint density at radius 3 is 2.91 bits per heavy atom. The Balaban J connectivity index is 0.00000242. The number of carbonyl (C=O) groups excluding carboxylic acids is 1. The van der Waals surface area contributed by atoms with Crippen molar-refractivity contribution >= 4 is 35.6 Å². The van der Waals surface area contributed by atoms with Gasteiger partial charge in [0.1, 0.15) is 0 Å². The van der Waals surface area contributed by atoms with Crippen molar-refractivity contribution < 1.29 is 4.79 Å². The Hall–Kier alpha value is -0.810. The third-order valence-electron chi connectivity index (χ3n) is 4.26. The van der Waals surface area contributed by atoms with E-state index in [0.717, 1.165) is 30.6 Å². The summed E-state index contributed by atoms with van der Waals surface area (Å²) in [6.45, 7) is 6.08. The summed E-state index contributed by atoms with van der Waals surface area (Å²) in [7, 11) is 0. The molecule has 4 nitrogen and oxygen atoms in total. The van der Waals surface area contributed by atoms with Gasteiger partial charge in [-0.3, -0.25) is 9.69 Å². The van der Waals surface area contributed by atoms with Gasteiger partial charge in [0.25, 0.3) is 0 Å². The number of hydrogen-bond acceptors (Lipinski definition) is 3. The van der Waals surface area contributed by atoms with E-state index in [1.165, 1.54) is 0 Å². The van der Waals surface area contributed by atoms with Crippen LogP contribution in [0.25, 0.3) is 0 Å². The fourth-order valence-electron chi connectivity index (χ4n) is 2.87. The maximum Gasteiger partial charge on any atom is 0.238 e. The highest BCUT2D eigenvalue weighted by molar-refractivity contribution is 6.31. The monoisotopic (exact) mass is 345 g/mol. The first-order valence-electron chi connectivity index (χ1n) is 7.50. The lowest BCUT2D eigenvalue weighted by atomic mass is 9.92. The number of halogens is 2. The molecule has 0 saturated carbocycles. The van der Waals surface area contributed by atoms with Crippen LogP contribution in [-0.2, 0) is 4.79 Å². The summed E-state index contributed by atoms with van der Waals surface area (Å²) in [5, 5.41) is 3.61. The maximum atomic E-state index is 12.3. The molecule has 22 heavy (non-hydrogen) atoms. The zero-order valence-electron chi connectivity index (χ0n) is 13.1. The van der Waals surface area contributed by atoms with Gasteiger partial charge >= 0.3 is 0 Å². The van der Waals surface area contributed by atoms with Crippen LogP contribution in [0, 0.1) is 12.8 Å². The van der Waals surface area contributed by atoms with Crippen LogP contribution < -0.4 is 11.1 Å². The first kappa shape index (κ1) is 19.2. The number of rotatable bonds is 4. The van der Waals surface area contributed by atoms with E-state index < -0.39 is 0 Å². The Morgan fingerprint density at radius 1 is 1.50 bits per heavy atom. The van der Waals surface area contributed by atoms with E-state index in [1.807, 2.05) is 25.1 Å². The molecule has 1 aliphatic rings. The first-order chi connectivity index (χ1) is 10.0. The Bertz CT molecular complexity index is 510. The Labute approximate surface area is 143 Å². The van der Waals surface area contributed by atoms with Crippen molar-refractivity contribution in [3.05, 3.63) is 28.8 Å². The minimum Gasteiger partial charge on any atom is -0.329 e. The summed E-state index contributed by atoms with van der Waals surface area (Å²) in [5.41, 5.74) is 7.52. The molecular weight excluding hydrogens is 321 g/mol. The van der Waals surface area contributed by atoms with Gasteiger partial charge in [-0.1, -0.05) is 24.6 Å². The molecule has 0 spiro atoms. The second-order valence-electron chi connectivity index (χ2n) is 5.95. The third-order valence-corrected chi connectivity index (χ3v) is 4.67. The zero-order chi connectivity index (χ0) is 15.4. The van der Waals surface area contributed by atoms with Crippen molar-refractivity contribution in [3.63, 3.8) is 0 Å². The van der Waals surface area contributed by atoms with Gasteiger partial charge < -0.3 is 11.1 Å². The average molecular weight is 346 g/mol. The van der Waals surface area contributed by atoms with E-state index in [0.29, 0.717) is 30.1 Å². The maximum absolute atomic E-state index is 12.3. The third kappa shape index (κ3) is 4.85. The Kier molecular flexibility index (Phi) is 7.63. The second kappa shape index (κ2) is 8.73. The number of nitrogens with zero attached hydrogens (tertiary/aromatic N) is 1. The molecule has 1 fully saturated rings. The predicted molar refractivity (Wildman–Crippen MR) is 94.9 cm³/mol. The van der Waals surface area contributed by atoms with Crippen LogP contribution >= 0.6 is 24.0 Å². The molecule has 6 heteroatoms. The number of anilines is 1. The summed E-state index contributed by atoms with van der Waals surface area (Å²) in [4.78, 5) is 14.4.